The summed E-state index contributed by atoms with van der Waals surface area (Å²) in [6.45, 7) is 7.21. The summed E-state index contributed by atoms with van der Waals surface area (Å²) in [4.78, 5) is 21.3. The van der Waals surface area contributed by atoms with E-state index >= 15 is 0 Å². The van der Waals surface area contributed by atoms with Crippen molar-refractivity contribution in [2.75, 3.05) is 39.3 Å². The van der Waals surface area contributed by atoms with Crippen molar-refractivity contribution in [2.45, 2.75) is 44.4 Å². The fourth-order valence-corrected chi connectivity index (χ4v) is 4.45. The first kappa shape index (κ1) is 21.0. The number of aliphatic imine (C=N–C) groups is 1. The quantitative estimate of drug-likeness (QED) is 0.665. The molecule has 30 heavy (non-hydrogen) atoms. The molecule has 3 heterocycles. The monoisotopic (exact) mass is 412 g/mol. The molecule has 0 bridgehead atoms. The number of nitrogens with one attached hydrogen (secondary N) is 1. The zero-order chi connectivity index (χ0) is 21.0. The Morgan fingerprint density at radius 2 is 1.93 bits per heavy atom. The summed E-state index contributed by atoms with van der Waals surface area (Å²) in [7, 11) is 0. The van der Waals surface area contributed by atoms with Crippen LogP contribution in [0.1, 0.15) is 31.7 Å². The number of carbonyl (C=O) groups excluding carboxylic acids is 1. The molecule has 0 aromatic heterocycles. The van der Waals surface area contributed by atoms with Gasteiger partial charge in [-0.2, -0.15) is 0 Å². The molecular weight excluding hydrogens is 380 g/mol. The fourth-order valence-electron chi connectivity index (χ4n) is 4.45. The molecule has 1 aromatic rings. The van der Waals surface area contributed by atoms with Crippen molar-refractivity contribution in [3.05, 3.63) is 42.0 Å². The number of aliphatic hydroxyl groups is 1. The number of amidine groups is 1. The van der Waals surface area contributed by atoms with Crippen LogP contribution in [0.3, 0.4) is 0 Å². The van der Waals surface area contributed by atoms with Crippen molar-refractivity contribution >= 4 is 11.7 Å². The highest BCUT2D eigenvalue weighted by Gasteiger charge is 2.44. The molecule has 1 saturated heterocycles. The summed E-state index contributed by atoms with van der Waals surface area (Å²) in [6.07, 6.45) is 6.40. The highest BCUT2D eigenvalue weighted by atomic mass is 16.5. The largest absolute Gasteiger partial charge is 0.491 e. The number of rotatable bonds is 7. The molecule has 1 spiro atoms. The van der Waals surface area contributed by atoms with E-state index in [0.717, 1.165) is 44.9 Å². The van der Waals surface area contributed by atoms with Crippen molar-refractivity contribution in [1.29, 1.82) is 0 Å². The molecule has 7 nitrogen and oxygen atoms in total. The van der Waals surface area contributed by atoms with Crippen molar-refractivity contribution in [3.8, 4) is 5.75 Å². The van der Waals surface area contributed by atoms with E-state index in [9.17, 15) is 9.90 Å². The summed E-state index contributed by atoms with van der Waals surface area (Å²) < 4.78 is 5.79. The molecule has 3 aliphatic heterocycles. The minimum absolute atomic E-state index is 0.0173. The lowest BCUT2D eigenvalue weighted by atomic mass is 9.88. The number of amides is 1. The first-order valence-electron chi connectivity index (χ1n) is 10.9. The number of ether oxygens (including phenoxy) is 1. The van der Waals surface area contributed by atoms with Gasteiger partial charge in [-0.3, -0.25) is 14.7 Å². The lowest BCUT2D eigenvalue weighted by molar-refractivity contribution is -0.125. The molecular formula is C23H32N4O3. The third-order valence-corrected chi connectivity index (χ3v) is 6.17. The zero-order valence-electron chi connectivity index (χ0n) is 17.7. The van der Waals surface area contributed by atoms with Gasteiger partial charge in [0.15, 0.2) is 0 Å². The molecule has 4 rings (SSSR count). The molecule has 3 aliphatic rings. The van der Waals surface area contributed by atoms with E-state index in [1.54, 1.807) is 0 Å². The molecule has 1 aromatic carbocycles. The summed E-state index contributed by atoms with van der Waals surface area (Å²) in [5, 5.41) is 13.2. The van der Waals surface area contributed by atoms with Gasteiger partial charge in [-0.05, 0) is 43.9 Å². The van der Waals surface area contributed by atoms with E-state index < -0.39 is 11.6 Å². The number of likely N-dealkylation sites (tertiary alicyclic amines) is 1. The first-order chi connectivity index (χ1) is 14.5. The summed E-state index contributed by atoms with van der Waals surface area (Å²) in [5.74, 6) is 1.51. The Balaban J connectivity index is 1.18. The Bertz CT molecular complexity index is 797. The van der Waals surface area contributed by atoms with Crippen LogP contribution >= 0.6 is 0 Å². The zero-order valence-corrected chi connectivity index (χ0v) is 17.7. The Labute approximate surface area is 178 Å². The third kappa shape index (κ3) is 5.09. The van der Waals surface area contributed by atoms with Crippen LogP contribution in [0.4, 0.5) is 0 Å². The topological polar surface area (TPSA) is 77.4 Å². The SMILES string of the molecule is CC1=NC2(CCN(CC(O)COc3ccc(CN4CC=CCC4)cc3)CC2)C(=O)N1. The third-order valence-electron chi connectivity index (χ3n) is 6.17. The average molecular weight is 413 g/mol. The van der Waals surface area contributed by atoms with Crippen LogP contribution in [0.5, 0.6) is 5.75 Å². The number of hydrogen-bond acceptors (Lipinski definition) is 6. The summed E-state index contributed by atoms with van der Waals surface area (Å²) in [5.41, 5.74) is 0.683. The molecule has 7 heteroatoms. The Morgan fingerprint density at radius 3 is 2.57 bits per heavy atom. The van der Waals surface area contributed by atoms with Crippen LogP contribution in [0.25, 0.3) is 0 Å². The van der Waals surface area contributed by atoms with Crippen LogP contribution < -0.4 is 10.1 Å². The molecule has 2 N–H and O–H groups in total. The number of nitrogens with zero attached hydrogens (tertiary/aromatic N) is 3. The molecule has 1 unspecified atom stereocenters. The average Bonchev–Trinajstić information content (AvgIpc) is 3.03. The fraction of sp³-hybridized carbons (Fsp3) is 0.565. The lowest BCUT2D eigenvalue weighted by Crippen LogP contribution is -2.50. The molecule has 0 saturated carbocycles. The smallest absolute Gasteiger partial charge is 0.253 e. The van der Waals surface area contributed by atoms with E-state index in [2.05, 4.69) is 44.4 Å². The maximum Gasteiger partial charge on any atom is 0.253 e. The van der Waals surface area contributed by atoms with Crippen molar-refractivity contribution in [2.24, 2.45) is 4.99 Å². The van der Waals surface area contributed by atoms with Gasteiger partial charge in [-0.15, -0.1) is 0 Å². The van der Waals surface area contributed by atoms with Gasteiger partial charge < -0.3 is 20.1 Å². The van der Waals surface area contributed by atoms with Crippen molar-refractivity contribution in [3.63, 3.8) is 0 Å². The van der Waals surface area contributed by atoms with Gasteiger partial charge in [0.25, 0.3) is 5.91 Å². The predicted molar refractivity (Wildman–Crippen MR) is 117 cm³/mol. The molecule has 0 aliphatic carbocycles. The maximum absolute atomic E-state index is 12.2. The van der Waals surface area contributed by atoms with E-state index in [0.29, 0.717) is 25.2 Å². The van der Waals surface area contributed by atoms with Crippen LogP contribution in [0, 0.1) is 0 Å². The van der Waals surface area contributed by atoms with Crippen LogP contribution in [-0.4, -0.2) is 77.6 Å². The van der Waals surface area contributed by atoms with Gasteiger partial charge in [0.05, 0.1) is 0 Å². The van der Waals surface area contributed by atoms with E-state index in [-0.39, 0.29) is 12.5 Å². The van der Waals surface area contributed by atoms with Gasteiger partial charge in [-0.25, -0.2) is 0 Å². The second-order valence-electron chi connectivity index (χ2n) is 8.59. The highest BCUT2D eigenvalue weighted by molar-refractivity contribution is 6.07. The van der Waals surface area contributed by atoms with Crippen LogP contribution in [0.2, 0.25) is 0 Å². The standard InChI is InChI=1S/C23H32N4O3/c1-18-24-22(29)23(25-18)9-13-27(14-10-23)16-20(28)17-30-21-7-5-19(6-8-21)15-26-11-3-2-4-12-26/h2-3,5-8,20,28H,4,9-17H2,1H3,(H,24,25,29). The molecule has 1 fully saturated rings. The Kier molecular flexibility index (Phi) is 6.51. The second kappa shape index (κ2) is 9.29. The number of β-amino-alcohol motifs (C(OH)–C–C–N with tert-alkyl or cyclic N) is 1. The van der Waals surface area contributed by atoms with Gasteiger partial charge in [0.2, 0.25) is 0 Å². The Hall–Kier alpha value is -2.22. The van der Waals surface area contributed by atoms with E-state index in [1.165, 1.54) is 5.56 Å². The molecule has 1 atom stereocenters. The van der Waals surface area contributed by atoms with Crippen LogP contribution in [-0.2, 0) is 11.3 Å². The second-order valence-corrected chi connectivity index (χ2v) is 8.59. The van der Waals surface area contributed by atoms with Gasteiger partial charge >= 0.3 is 0 Å². The maximum atomic E-state index is 12.2. The molecule has 162 valence electrons. The van der Waals surface area contributed by atoms with Crippen molar-refractivity contribution < 1.29 is 14.6 Å². The molecule has 1 amide bonds. The number of benzene rings is 1. The van der Waals surface area contributed by atoms with Crippen LogP contribution in [0.15, 0.2) is 41.4 Å². The van der Waals surface area contributed by atoms with Gasteiger partial charge in [0, 0.05) is 39.3 Å². The Morgan fingerprint density at radius 1 is 1.17 bits per heavy atom. The molecule has 0 radical (unpaired) electrons. The predicted octanol–water partition coefficient (Wildman–Crippen LogP) is 1.57. The minimum atomic E-state index is -0.589. The van der Waals surface area contributed by atoms with Gasteiger partial charge in [-0.1, -0.05) is 24.3 Å². The first-order valence-corrected chi connectivity index (χ1v) is 10.9. The van der Waals surface area contributed by atoms with E-state index in [4.69, 9.17) is 4.74 Å². The minimum Gasteiger partial charge on any atom is -0.491 e. The van der Waals surface area contributed by atoms with Crippen molar-refractivity contribution in [1.82, 2.24) is 15.1 Å². The number of hydrogen-bond donors (Lipinski definition) is 2. The normalized spacial score (nSPS) is 22.7. The number of carbonyl (C=O) groups is 1. The van der Waals surface area contributed by atoms with Gasteiger partial charge in [0.1, 0.15) is 29.8 Å². The summed E-state index contributed by atoms with van der Waals surface area (Å²) in [6, 6.07) is 8.15. The lowest BCUT2D eigenvalue weighted by Gasteiger charge is -2.36. The van der Waals surface area contributed by atoms with E-state index in [1.807, 2.05) is 19.1 Å². The highest BCUT2D eigenvalue weighted by Crippen LogP contribution is 2.29. The number of piperidine rings is 1. The number of aliphatic hydroxyl groups excluding tert-OH is 1. The summed E-state index contributed by atoms with van der Waals surface area (Å²) >= 11 is 0.